The first kappa shape index (κ1) is 15.8. The zero-order valence-corrected chi connectivity index (χ0v) is 13.6. The van der Waals surface area contributed by atoms with Gasteiger partial charge in [-0.1, -0.05) is 29.4 Å². The molecular weight excluding hydrogens is 330 g/mol. The van der Waals surface area contributed by atoms with Gasteiger partial charge in [0.2, 0.25) is 0 Å². The number of hydrogen-bond acceptors (Lipinski definition) is 5. The van der Waals surface area contributed by atoms with Crippen molar-refractivity contribution < 1.29 is 19.8 Å². The summed E-state index contributed by atoms with van der Waals surface area (Å²) in [7, 11) is 0. The Balaban J connectivity index is 1.95. The molecule has 4 rings (SSSR count). The highest BCUT2D eigenvalue weighted by Crippen LogP contribution is 2.42. The van der Waals surface area contributed by atoms with Crippen molar-refractivity contribution in [2.24, 2.45) is 0 Å². The molecule has 5 heteroatoms. The molecule has 1 heterocycles. The van der Waals surface area contributed by atoms with Crippen molar-refractivity contribution >= 4 is 0 Å². The first-order chi connectivity index (χ1) is 12.6. The molecule has 26 heavy (non-hydrogen) atoms. The third kappa shape index (κ3) is 2.86. The SMILES string of the molecule is Oc1ccc(-c2cc(O)c(-c3cnoc3)c(-c3ccc(O)cc3)c2)cc1. The van der Waals surface area contributed by atoms with Gasteiger partial charge in [-0.25, -0.2) is 0 Å². The van der Waals surface area contributed by atoms with E-state index in [1.807, 2.05) is 6.07 Å². The predicted octanol–water partition coefficient (Wildman–Crippen LogP) is 4.79. The third-order valence-corrected chi connectivity index (χ3v) is 4.22. The maximum Gasteiger partial charge on any atom is 0.131 e. The lowest BCUT2D eigenvalue weighted by atomic mass is 9.91. The van der Waals surface area contributed by atoms with Gasteiger partial charge in [0.15, 0.2) is 0 Å². The average molecular weight is 345 g/mol. The van der Waals surface area contributed by atoms with E-state index < -0.39 is 0 Å². The molecule has 128 valence electrons. The Morgan fingerprint density at radius 1 is 0.654 bits per heavy atom. The predicted molar refractivity (Wildman–Crippen MR) is 97.8 cm³/mol. The van der Waals surface area contributed by atoms with Gasteiger partial charge in [0.25, 0.3) is 0 Å². The van der Waals surface area contributed by atoms with Gasteiger partial charge >= 0.3 is 0 Å². The second-order valence-corrected chi connectivity index (χ2v) is 5.92. The Kier molecular flexibility index (Phi) is 3.82. The molecular formula is C21H15NO4. The van der Waals surface area contributed by atoms with Crippen LogP contribution in [0, 0.1) is 0 Å². The summed E-state index contributed by atoms with van der Waals surface area (Å²) < 4.78 is 4.93. The first-order valence-electron chi connectivity index (χ1n) is 7.97. The van der Waals surface area contributed by atoms with Crippen molar-refractivity contribution in [2.75, 3.05) is 0 Å². The number of aromatic hydroxyl groups is 3. The van der Waals surface area contributed by atoms with E-state index in [0.717, 1.165) is 22.3 Å². The molecule has 0 saturated heterocycles. The summed E-state index contributed by atoms with van der Waals surface area (Å²) in [4.78, 5) is 0. The second kappa shape index (κ2) is 6.29. The highest BCUT2D eigenvalue weighted by Gasteiger charge is 2.16. The van der Waals surface area contributed by atoms with Crippen LogP contribution in [-0.4, -0.2) is 20.5 Å². The molecule has 0 aliphatic carbocycles. The number of rotatable bonds is 3. The standard InChI is InChI=1S/C21H15NO4/c23-17-5-1-13(2-6-17)15-9-19(14-3-7-18(24)8-4-14)21(20(25)10-15)16-11-22-26-12-16/h1-12,23-25H. The van der Waals surface area contributed by atoms with Crippen LogP contribution >= 0.6 is 0 Å². The molecule has 0 amide bonds. The van der Waals surface area contributed by atoms with Crippen molar-refractivity contribution in [2.45, 2.75) is 0 Å². The highest BCUT2D eigenvalue weighted by atomic mass is 16.5. The van der Waals surface area contributed by atoms with Crippen molar-refractivity contribution in [3.8, 4) is 50.6 Å². The van der Waals surface area contributed by atoms with Gasteiger partial charge in [-0.15, -0.1) is 0 Å². The van der Waals surface area contributed by atoms with Crippen LogP contribution in [0.25, 0.3) is 33.4 Å². The van der Waals surface area contributed by atoms with Crippen LogP contribution in [0.2, 0.25) is 0 Å². The van der Waals surface area contributed by atoms with Crippen molar-refractivity contribution in [1.82, 2.24) is 5.16 Å². The quantitative estimate of drug-likeness (QED) is 0.497. The van der Waals surface area contributed by atoms with Gasteiger partial charge in [-0.3, -0.25) is 0 Å². The van der Waals surface area contributed by atoms with E-state index in [0.29, 0.717) is 11.1 Å². The maximum atomic E-state index is 10.7. The van der Waals surface area contributed by atoms with Crippen LogP contribution < -0.4 is 0 Å². The van der Waals surface area contributed by atoms with E-state index in [1.54, 1.807) is 60.8 Å². The van der Waals surface area contributed by atoms with E-state index in [4.69, 9.17) is 4.52 Å². The fourth-order valence-corrected chi connectivity index (χ4v) is 2.95. The highest BCUT2D eigenvalue weighted by molar-refractivity contribution is 5.90. The fourth-order valence-electron chi connectivity index (χ4n) is 2.95. The van der Waals surface area contributed by atoms with Gasteiger partial charge in [0, 0.05) is 11.1 Å². The number of aromatic nitrogens is 1. The molecule has 0 aliphatic rings. The minimum absolute atomic E-state index is 0.0850. The van der Waals surface area contributed by atoms with Gasteiger partial charge in [-0.2, -0.15) is 0 Å². The summed E-state index contributed by atoms with van der Waals surface area (Å²) in [6.45, 7) is 0. The molecule has 3 aromatic carbocycles. The number of nitrogens with zero attached hydrogens (tertiary/aromatic N) is 1. The molecule has 0 radical (unpaired) electrons. The molecule has 0 fully saturated rings. The van der Waals surface area contributed by atoms with Gasteiger partial charge in [0.05, 0.1) is 6.20 Å². The van der Waals surface area contributed by atoms with Crippen LogP contribution in [0.4, 0.5) is 0 Å². The molecule has 0 spiro atoms. The van der Waals surface area contributed by atoms with Gasteiger partial charge in [-0.05, 0) is 58.7 Å². The summed E-state index contributed by atoms with van der Waals surface area (Å²) in [6, 6.07) is 17.1. The summed E-state index contributed by atoms with van der Waals surface area (Å²) in [5.41, 5.74) is 4.51. The summed E-state index contributed by atoms with van der Waals surface area (Å²) in [6.07, 6.45) is 3.01. The minimum atomic E-state index is 0.0850. The fraction of sp³-hybridized carbons (Fsp3) is 0. The van der Waals surface area contributed by atoms with Crippen LogP contribution in [0.3, 0.4) is 0 Å². The zero-order chi connectivity index (χ0) is 18.1. The Labute approximate surface area is 149 Å². The van der Waals surface area contributed by atoms with E-state index in [9.17, 15) is 15.3 Å². The zero-order valence-electron chi connectivity index (χ0n) is 13.6. The second-order valence-electron chi connectivity index (χ2n) is 5.92. The van der Waals surface area contributed by atoms with Crippen LogP contribution in [0.5, 0.6) is 17.2 Å². The number of benzene rings is 3. The third-order valence-electron chi connectivity index (χ3n) is 4.22. The molecule has 3 N–H and O–H groups in total. The van der Waals surface area contributed by atoms with Crippen LogP contribution in [0.15, 0.2) is 77.6 Å². The normalized spacial score (nSPS) is 10.8. The Hall–Kier alpha value is -3.73. The molecule has 4 aromatic rings. The van der Waals surface area contributed by atoms with Crippen molar-refractivity contribution in [3.05, 3.63) is 73.1 Å². The first-order valence-corrected chi connectivity index (χ1v) is 7.97. The number of phenols is 3. The molecule has 0 unspecified atom stereocenters. The van der Waals surface area contributed by atoms with Crippen molar-refractivity contribution in [3.63, 3.8) is 0 Å². The molecule has 0 saturated carbocycles. The largest absolute Gasteiger partial charge is 0.508 e. The summed E-state index contributed by atoms with van der Waals surface area (Å²) in [5.74, 6) is 0.430. The van der Waals surface area contributed by atoms with Crippen LogP contribution in [-0.2, 0) is 0 Å². The lowest BCUT2D eigenvalue weighted by Crippen LogP contribution is -1.88. The maximum absolute atomic E-state index is 10.7. The van der Waals surface area contributed by atoms with E-state index in [1.165, 1.54) is 6.26 Å². The smallest absolute Gasteiger partial charge is 0.131 e. The molecule has 5 nitrogen and oxygen atoms in total. The Morgan fingerprint density at radius 3 is 1.85 bits per heavy atom. The molecule has 0 aliphatic heterocycles. The molecule has 0 atom stereocenters. The molecule has 0 bridgehead atoms. The number of hydrogen-bond donors (Lipinski definition) is 3. The lowest BCUT2D eigenvalue weighted by Gasteiger charge is -2.14. The number of phenolic OH excluding ortho intramolecular Hbond substituents is 3. The van der Waals surface area contributed by atoms with E-state index >= 15 is 0 Å². The van der Waals surface area contributed by atoms with Gasteiger partial charge < -0.3 is 19.8 Å². The van der Waals surface area contributed by atoms with Crippen molar-refractivity contribution in [1.29, 1.82) is 0 Å². The summed E-state index contributed by atoms with van der Waals surface area (Å²) in [5, 5.41) is 33.5. The topological polar surface area (TPSA) is 86.7 Å². The average Bonchev–Trinajstić information content (AvgIpc) is 3.16. The summed E-state index contributed by atoms with van der Waals surface area (Å²) >= 11 is 0. The molecule has 1 aromatic heterocycles. The minimum Gasteiger partial charge on any atom is -0.508 e. The monoisotopic (exact) mass is 345 g/mol. The Morgan fingerprint density at radius 2 is 1.27 bits per heavy atom. The van der Waals surface area contributed by atoms with E-state index in [2.05, 4.69) is 5.16 Å². The Bertz CT molecular complexity index is 1040. The van der Waals surface area contributed by atoms with Gasteiger partial charge in [0.1, 0.15) is 23.5 Å². The van der Waals surface area contributed by atoms with E-state index in [-0.39, 0.29) is 17.2 Å². The van der Waals surface area contributed by atoms with Crippen LogP contribution in [0.1, 0.15) is 0 Å². The lowest BCUT2D eigenvalue weighted by molar-refractivity contribution is 0.420.